The van der Waals surface area contributed by atoms with Crippen LogP contribution in [0.2, 0.25) is 0 Å². The summed E-state index contributed by atoms with van der Waals surface area (Å²) in [7, 11) is -1.67. The summed E-state index contributed by atoms with van der Waals surface area (Å²) in [6.45, 7) is 0. The molecule has 2 rings (SSSR count). The molecule has 6 heteroatoms. The van der Waals surface area contributed by atoms with Crippen LogP contribution in [0.1, 0.15) is 5.56 Å². The Hall–Kier alpha value is -2.18. The standard InChI is InChI=1S/C13H12BFN2O2/c15-11-6-7-13(14(18)19)10(8-11)9-16-17-12-4-2-1-3-5-12/h1-9,17-19H. The Labute approximate surface area is 110 Å². The Morgan fingerprint density at radius 3 is 2.53 bits per heavy atom. The Bertz CT molecular complexity index is 576. The first-order chi connectivity index (χ1) is 9.16. The normalized spacial score (nSPS) is 10.7. The fourth-order valence-corrected chi connectivity index (χ4v) is 1.58. The molecule has 0 saturated carbocycles. The quantitative estimate of drug-likeness (QED) is 0.434. The Kier molecular flexibility index (Phi) is 4.28. The van der Waals surface area contributed by atoms with E-state index in [-0.39, 0.29) is 5.46 Å². The van der Waals surface area contributed by atoms with E-state index in [2.05, 4.69) is 10.5 Å². The van der Waals surface area contributed by atoms with Gasteiger partial charge in [0.05, 0.1) is 11.9 Å². The van der Waals surface area contributed by atoms with Crippen molar-refractivity contribution in [2.45, 2.75) is 0 Å². The number of halogens is 1. The fraction of sp³-hybridized carbons (Fsp3) is 0. The third-order valence-electron chi connectivity index (χ3n) is 2.50. The number of benzene rings is 2. The number of hydrogen-bond donors (Lipinski definition) is 3. The van der Waals surface area contributed by atoms with Gasteiger partial charge >= 0.3 is 7.12 Å². The molecule has 0 spiro atoms. The summed E-state index contributed by atoms with van der Waals surface area (Å²) in [5.74, 6) is -0.467. The van der Waals surface area contributed by atoms with Gasteiger partial charge in [-0.25, -0.2) is 4.39 Å². The summed E-state index contributed by atoms with van der Waals surface area (Å²) in [4.78, 5) is 0. The van der Waals surface area contributed by atoms with Crippen molar-refractivity contribution in [3.8, 4) is 0 Å². The van der Waals surface area contributed by atoms with Crippen molar-refractivity contribution in [1.29, 1.82) is 0 Å². The van der Waals surface area contributed by atoms with Crippen molar-refractivity contribution in [2.75, 3.05) is 5.43 Å². The third kappa shape index (κ3) is 3.64. The molecule has 0 aromatic heterocycles. The van der Waals surface area contributed by atoms with Crippen LogP contribution < -0.4 is 10.9 Å². The first-order valence-electron chi connectivity index (χ1n) is 5.66. The number of nitrogens with one attached hydrogen (secondary N) is 1. The summed E-state index contributed by atoms with van der Waals surface area (Å²) in [5, 5.41) is 22.3. The molecule has 2 aromatic carbocycles. The number of hydrazone groups is 1. The van der Waals surface area contributed by atoms with Gasteiger partial charge in [-0.1, -0.05) is 24.3 Å². The zero-order valence-electron chi connectivity index (χ0n) is 9.99. The predicted molar refractivity (Wildman–Crippen MR) is 73.9 cm³/mol. The molecule has 0 aliphatic carbocycles. The van der Waals surface area contributed by atoms with Crippen LogP contribution in [-0.2, 0) is 0 Å². The van der Waals surface area contributed by atoms with Crippen molar-refractivity contribution >= 4 is 24.5 Å². The lowest BCUT2D eigenvalue weighted by Gasteiger charge is -2.04. The minimum atomic E-state index is -1.67. The van der Waals surface area contributed by atoms with Crippen LogP contribution in [0.3, 0.4) is 0 Å². The highest BCUT2D eigenvalue weighted by molar-refractivity contribution is 6.60. The molecular weight excluding hydrogens is 246 g/mol. The molecule has 19 heavy (non-hydrogen) atoms. The highest BCUT2D eigenvalue weighted by Crippen LogP contribution is 2.05. The number of para-hydroxylation sites is 1. The van der Waals surface area contributed by atoms with Crippen molar-refractivity contribution in [3.63, 3.8) is 0 Å². The van der Waals surface area contributed by atoms with E-state index in [4.69, 9.17) is 10.0 Å². The first kappa shape index (κ1) is 13.3. The molecule has 0 radical (unpaired) electrons. The van der Waals surface area contributed by atoms with Crippen LogP contribution >= 0.6 is 0 Å². The summed E-state index contributed by atoms with van der Waals surface area (Å²) >= 11 is 0. The van der Waals surface area contributed by atoms with E-state index in [1.54, 1.807) is 0 Å². The van der Waals surface area contributed by atoms with Gasteiger partial charge in [0.15, 0.2) is 0 Å². The molecule has 0 bridgehead atoms. The number of hydrogen-bond acceptors (Lipinski definition) is 4. The number of anilines is 1. The van der Waals surface area contributed by atoms with E-state index in [9.17, 15) is 4.39 Å². The zero-order valence-corrected chi connectivity index (χ0v) is 9.99. The zero-order chi connectivity index (χ0) is 13.7. The van der Waals surface area contributed by atoms with E-state index >= 15 is 0 Å². The maximum absolute atomic E-state index is 13.1. The van der Waals surface area contributed by atoms with Crippen molar-refractivity contribution in [2.24, 2.45) is 5.10 Å². The average Bonchev–Trinajstić information content (AvgIpc) is 2.39. The van der Waals surface area contributed by atoms with Gasteiger partial charge in [0.2, 0.25) is 0 Å². The van der Waals surface area contributed by atoms with Gasteiger partial charge in [-0.15, -0.1) is 0 Å². The topological polar surface area (TPSA) is 64.8 Å². The van der Waals surface area contributed by atoms with Crippen LogP contribution in [-0.4, -0.2) is 23.4 Å². The Morgan fingerprint density at radius 1 is 1.11 bits per heavy atom. The second kappa shape index (κ2) is 6.13. The Balaban J connectivity index is 2.16. The maximum Gasteiger partial charge on any atom is 0.489 e. The van der Waals surface area contributed by atoms with E-state index in [0.29, 0.717) is 5.56 Å². The van der Waals surface area contributed by atoms with E-state index in [1.165, 1.54) is 18.3 Å². The third-order valence-corrected chi connectivity index (χ3v) is 2.50. The van der Waals surface area contributed by atoms with E-state index in [1.807, 2.05) is 30.3 Å². The van der Waals surface area contributed by atoms with Crippen LogP contribution in [0, 0.1) is 5.82 Å². The second-order valence-electron chi connectivity index (χ2n) is 3.88. The molecule has 0 fully saturated rings. The molecule has 0 atom stereocenters. The predicted octanol–water partition coefficient (Wildman–Crippen LogP) is 0.951. The minimum absolute atomic E-state index is 0.194. The molecule has 0 aliphatic rings. The summed E-state index contributed by atoms with van der Waals surface area (Å²) in [6, 6.07) is 12.9. The minimum Gasteiger partial charge on any atom is -0.423 e. The molecule has 3 N–H and O–H groups in total. The molecule has 2 aromatic rings. The van der Waals surface area contributed by atoms with Gasteiger partial charge in [0.1, 0.15) is 5.82 Å². The van der Waals surface area contributed by atoms with Gasteiger partial charge in [-0.3, -0.25) is 5.43 Å². The summed E-state index contributed by atoms with van der Waals surface area (Å²) in [6.07, 6.45) is 1.34. The number of nitrogens with zero attached hydrogens (tertiary/aromatic N) is 1. The smallest absolute Gasteiger partial charge is 0.423 e. The monoisotopic (exact) mass is 258 g/mol. The van der Waals surface area contributed by atoms with Crippen molar-refractivity contribution in [1.82, 2.24) is 0 Å². The highest BCUT2D eigenvalue weighted by atomic mass is 19.1. The van der Waals surface area contributed by atoms with Crippen molar-refractivity contribution in [3.05, 3.63) is 59.9 Å². The lowest BCUT2D eigenvalue weighted by molar-refractivity contribution is 0.425. The largest absolute Gasteiger partial charge is 0.489 e. The van der Waals surface area contributed by atoms with Gasteiger partial charge in [-0.2, -0.15) is 5.10 Å². The molecule has 0 amide bonds. The molecule has 96 valence electrons. The van der Waals surface area contributed by atoms with Gasteiger partial charge < -0.3 is 10.0 Å². The van der Waals surface area contributed by atoms with Crippen LogP contribution in [0.4, 0.5) is 10.1 Å². The SMILES string of the molecule is OB(O)c1ccc(F)cc1C=NNc1ccccc1. The molecule has 4 nitrogen and oxygen atoms in total. The Morgan fingerprint density at radius 2 is 1.84 bits per heavy atom. The lowest BCUT2D eigenvalue weighted by atomic mass is 9.77. The maximum atomic E-state index is 13.1. The molecule has 0 saturated heterocycles. The average molecular weight is 258 g/mol. The fourth-order valence-electron chi connectivity index (χ4n) is 1.58. The van der Waals surface area contributed by atoms with E-state index in [0.717, 1.165) is 11.8 Å². The highest BCUT2D eigenvalue weighted by Gasteiger charge is 2.15. The number of rotatable bonds is 4. The summed E-state index contributed by atoms with van der Waals surface area (Å²) < 4.78 is 13.1. The van der Waals surface area contributed by atoms with Gasteiger partial charge in [-0.05, 0) is 35.3 Å². The summed E-state index contributed by atoms with van der Waals surface area (Å²) in [5.41, 5.74) is 4.04. The molecule has 0 aliphatic heterocycles. The van der Waals surface area contributed by atoms with Crippen molar-refractivity contribution < 1.29 is 14.4 Å². The molecule has 0 unspecified atom stereocenters. The van der Waals surface area contributed by atoms with Crippen LogP contribution in [0.5, 0.6) is 0 Å². The van der Waals surface area contributed by atoms with Crippen LogP contribution in [0.15, 0.2) is 53.6 Å². The molecular formula is C13H12BFN2O2. The lowest BCUT2D eigenvalue weighted by Crippen LogP contribution is -2.33. The van der Waals surface area contributed by atoms with Gasteiger partial charge in [0.25, 0.3) is 0 Å². The first-order valence-corrected chi connectivity index (χ1v) is 5.66. The molecule has 0 heterocycles. The van der Waals surface area contributed by atoms with Gasteiger partial charge in [0, 0.05) is 0 Å². The van der Waals surface area contributed by atoms with E-state index < -0.39 is 12.9 Å². The van der Waals surface area contributed by atoms with Crippen LogP contribution in [0.25, 0.3) is 0 Å². The second-order valence-corrected chi connectivity index (χ2v) is 3.88.